The van der Waals surface area contributed by atoms with Crippen molar-refractivity contribution in [2.75, 3.05) is 23.7 Å². The van der Waals surface area contributed by atoms with Crippen LogP contribution in [-0.4, -0.2) is 18.1 Å². The number of nitrogens with one attached hydrogen (secondary N) is 2. The molecule has 1 aromatic heterocycles. The van der Waals surface area contributed by atoms with Crippen molar-refractivity contribution in [1.29, 1.82) is 0 Å². The molecule has 0 amide bonds. The van der Waals surface area contributed by atoms with Gasteiger partial charge >= 0.3 is 6.18 Å². The van der Waals surface area contributed by atoms with Gasteiger partial charge < -0.3 is 10.6 Å². The zero-order chi connectivity index (χ0) is 14.5. The second-order valence-corrected chi connectivity index (χ2v) is 4.55. The van der Waals surface area contributed by atoms with Gasteiger partial charge in [-0.1, -0.05) is 20.3 Å². The summed E-state index contributed by atoms with van der Waals surface area (Å²) in [5.74, 6) is 0.883. The van der Waals surface area contributed by atoms with Crippen molar-refractivity contribution >= 4 is 11.6 Å². The summed E-state index contributed by atoms with van der Waals surface area (Å²) in [4.78, 5) is 4.12. The van der Waals surface area contributed by atoms with Gasteiger partial charge in [0.25, 0.3) is 0 Å². The molecular formula is C13H20F3N3. The van der Waals surface area contributed by atoms with Gasteiger partial charge in [-0.2, -0.15) is 13.2 Å². The lowest BCUT2D eigenvalue weighted by Crippen LogP contribution is -2.14. The molecule has 19 heavy (non-hydrogen) atoms. The van der Waals surface area contributed by atoms with Crippen LogP contribution >= 0.6 is 0 Å². The Labute approximate surface area is 111 Å². The molecule has 0 aliphatic carbocycles. The van der Waals surface area contributed by atoms with Crippen LogP contribution in [0.25, 0.3) is 0 Å². The van der Waals surface area contributed by atoms with Crippen LogP contribution in [-0.2, 0) is 6.18 Å². The first-order chi connectivity index (χ1) is 8.86. The van der Waals surface area contributed by atoms with Gasteiger partial charge in [-0.05, 0) is 25.0 Å². The summed E-state index contributed by atoms with van der Waals surface area (Å²) in [6, 6.07) is 2.07. The average molecular weight is 275 g/mol. The Kier molecular flexibility index (Phi) is 5.44. The summed E-state index contributed by atoms with van der Waals surface area (Å²) >= 11 is 0. The zero-order valence-corrected chi connectivity index (χ0v) is 11.4. The van der Waals surface area contributed by atoms with Gasteiger partial charge in [-0.3, -0.25) is 0 Å². The maximum atomic E-state index is 12.8. The number of hydrogen-bond acceptors (Lipinski definition) is 3. The SMILES string of the molecule is CCNc1cc(C(F)(F)F)cc(NCC(C)CC)n1. The maximum Gasteiger partial charge on any atom is 0.416 e. The molecule has 0 aliphatic rings. The van der Waals surface area contributed by atoms with Crippen LogP contribution in [0.3, 0.4) is 0 Å². The lowest BCUT2D eigenvalue weighted by atomic mass is 10.1. The summed E-state index contributed by atoms with van der Waals surface area (Å²) in [5.41, 5.74) is -0.690. The van der Waals surface area contributed by atoms with Crippen LogP contribution in [0.4, 0.5) is 24.8 Å². The molecule has 0 fully saturated rings. The van der Waals surface area contributed by atoms with E-state index in [1.165, 1.54) is 0 Å². The fraction of sp³-hybridized carbons (Fsp3) is 0.615. The molecule has 0 aromatic carbocycles. The second-order valence-electron chi connectivity index (χ2n) is 4.55. The topological polar surface area (TPSA) is 37.0 Å². The van der Waals surface area contributed by atoms with Crippen LogP contribution < -0.4 is 10.6 Å². The molecule has 1 heterocycles. The van der Waals surface area contributed by atoms with E-state index in [2.05, 4.69) is 15.6 Å². The minimum atomic E-state index is -4.36. The first kappa shape index (κ1) is 15.6. The van der Waals surface area contributed by atoms with E-state index in [-0.39, 0.29) is 11.6 Å². The van der Waals surface area contributed by atoms with Gasteiger partial charge in [0.1, 0.15) is 11.6 Å². The average Bonchev–Trinajstić information content (AvgIpc) is 2.35. The number of alkyl halides is 3. The summed E-state index contributed by atoms with van der Waals surface area (Å²) in [7, 11) is 0. The third-order valence-corrected chi connectivity index (χ3v) is 2.84. The molecule has 0 saturated carbocycles. The minimum Gasteiger partial charge on any atom is -0.370 e. The first-order valence-electron chi connectivity index (χ1n) is 6.43. The lowest BCUT2D eigenvalue weighted by Gasteiger charge is -2.15. The van der Waals surface area contributed by atoms with E-state index in [1.54, 1.807) is 0 Å². The van der Waals surface area contributed by atoms with Crippen molar-refractivity contribution in [2.45, 2.75) is 33.4 Å². The molecule has 1 atom stereocenters. The van der Waals surface area contributed by atoms with Crippen LogP contribution in [0.15, 0.2) is 12.1 Å². The third kappa shape index (κ3) is 4.96. The molecule has 1 unspecified atom stereocenters. The fourth-order valence-corrected chi connectivity index (χ4v) is 1.48. The zero-order valence-electron chi connectivity index (χ0n) is 11.4. The molecule has 108 valence electrons. The quantitative estimate of drug-likeness (QED) is 0.824. The number of anilines is 2. The highest BCUT2D eigenvalue weighted by molar-refractivity contribution is 5.49. The van der Waals surface area contributed by atoms with E-state index >= 15 is 0 Å². The maximum absolute atomic E-state index is 12.8. The standard InChI is InChI=1S/C13H20F3N3/c1-4-9(3)8-18-12-7-10(13(14,15)16)6-11(19-12)17-5-2/h6-7,9H,4-5,8H2,1-3H3,(H2,17,18,19). The molecule has 6 heteroatoms. The summed E-state index contributed by atoms with van der Waals surface area (Å²) < 4.78 is 38.3. The van der Waals surface area contributed by atoms with Crippen molar-refractivity contribution in [3.8, 4) is 0 Å². The van der Waals surface area contributed by atoms with Gasteiger partial charge in [0, 0.05) is 13.1 Å². The summed E-state index contributed by atoms with van der Waals surface area (Å²) in [6.07, 6.45) is -3.40. The molecule has 2 N–H and O–H groups in total. The Balaban J connectivity index is 2.93. The van der Waals surface area contributed by atoms with E-state index in [1.807, 2.05) is 20.8 Å². The summed E-state index contributed by atoms with van der Waals surface area (Å²) in [5, 5.41) is 5.77. The van der Waals surface area contributed by atoms with Crippen molar-refractivity contribution in [2.24, 2.45) is 5.92 Å². The van der Waals surface area contributed by atoms with Gasteiger partial charge in [-0.15, -0.1) is 0 Å². The number of halogens is 3. The van der Waals surface area contributed by atoms with E-state index in [0.29, 0.717) is 19.0 Å². The van der Waals surface area contributed by atoms with Crippen LogP contribution in [0, 0.1) is 5.92 Å². The predicted molar refractivity (Wildman–Crippen MR) is 71.3 cm³/mol. The first-order valence-corrected chi connectivity index (χ1v) is 6.43. The number of aromatic nitrogens is 1. The van der Waals surface area contributed by atoms with Gasteiger partial charge in [0.05, 0.1) is 5.56 Å². The number of pyridine rings is 1. The minimum absolute atomic E-state index is 0.240. The second kappa shape index (κ2) is 6.63. The van der Waals surface area contributed by atoms with Crippen molar-refractivity contribution in [1.82, 2.24) is 4.98 Å². The molecule has 0 spiro atoms. The Morgan fingerprint density at radius 2 is 1.74 bits per heavy atom. The van der Waals surface area contributed by atoms with Crippen molar-refractivity contribution in [3.05, 3.63) is 17.7 Å². The highest BCUT2D eigenvalue weighted by atomic mass is 19.4. The fourth-order valence-electron chi connectivity index (χ4n) is 1.48. The predicted octanol–water partition coefficient (Wildman–Crippen LogP) is 3.99. The summed E-state index contributed by atoms with van der Waals surface area (Å²) in [6.45, 7) is 7.02. The third-order valence-electron chi connectivity index (χ3n) is 2.84. The van der Waals surface area contributed by atoms with E-state index in [0.717, 1.165) is 18.6 Å². The van der Waals surface area contributed by atoms with Crippen molar-refractivity contribution in [3.63, 3.8) is 0 Å². The monoisotopic (exact) mass is 275 g/mol. The van der Waals surface area contributed by atoms with Crippen LogP contribution in [0.5, 0.6) is 0 Å². The lowest BCUT2D eigenvalue weighted by molar-refractivity contribution is -0.137. The highest BCUT2D eigenvalue weighted by Crippen LogP contribution is 2.32. The molecule has 3 nitrogen and oxygen atoms in total. The molecular weight excluding hydrogens is 255 g/mol. The van der Waals surface area contributed by atoms with Crippen LogP contribution in [0.1, 0.15) is 32.8 Å². The normalized spacial score (nSPS) is 13.2. The smallest absolute Gasteiger partial charge is 0.370 e. The largest absolute Gasteiger partial charge is 0.416 e. The Hall–Kier alpha value is -1.46. The van der Waals surface area contributed by atoms with Gasteiger partial charge in [0.2, 0.25) is 0 Å². The Morgan fingerprint density at radius 3 is 2.21 bits per heavy atom. The Bertz CT molecular complexity index is 405. The number of nitrogens with zero attached hydrogens (tertiary/aromatic N) is 1. The van der Waals surface area contributed by atoms with Crippen LogP contribution in [0.2, 0.25) is 0 Å². The van der Waals surface area contributed by atoms with E-state index in [9.17, 15) is 13.2 Å². The Morgan fingerprint density at radius 1 is 1.16 bits per heavy atom. The van der Waals surface area contributed by atoms with Gasteiger partial charge in [0.15, 0.2) is 0 Å². The molecule has 0 radical (unpaired) electrons. The van der Waals surface area contributed by atoms with E-state index in [4.69, 9.17) is 0 Å². The number of hydrogen-bond donors (Lipinski definition) is 2. The molecule has 1 rings (SSSR count). The van der Waals surface area contributed by atoms with Crippen molar-refractivity contribution < 1.29 is 13.2 Å². The molecule has 0 saturated heterocycles. The van der Waals surface area contributed by atoms with Gasteiger partial charge in [-0.25, -0.2) is 4.98 Å². The molecule has 1 aromatic rings. The molecule has 0 aliphatic heterocycles. The number of rotatable bonds is 6. The van der Waals surface area contributed by atoms with E-state index < -0.39 is 11.7 Å². The molecule has 0 bridgehead atoms. The highest BCUT2D eigenvalue weighted by Gasteiger charge is 2.31.